The monoisotopic (exact) mass is 468 g/mol. The summed E-state index contributed by atoms with van der Waals surface area (Å²) in [4.78, 5) is 51.3. The van der Waals surface area contributed by atoms with Gasteiger partial charge in [0.15, 0.2) is 23.0 Å². The lowest BCUT2D eigenvalue weighted by Gasteiger charge is -2.45. The van der Waals surface area contributed by atoms with Gasteiger partial charge < -0.3 is 20.4 Å². The van der Waals surface area contributed by atoms with Crippen LogP contribution in [0.5, 0.6) is 5.75 Å². The Morgan fingerprint density at radius 2 is 1.79 bits per heavy atom. The van der Waals surface area contributed by atoms with Gasteiger partial charge in [-0.2, -0.15) is 0 Å². The maximum atomic E-state index is 13.5. The first-order valence-corrected chi connectivity index (χ1v) is 11.6. The summed E-state index contributed by atoms with van der Waals surface area (Å²) < 4.78 is 0. The van der Waals surface area contributed by atoms with Crippen molar-refractivity contribution in [2.75, 3.05) is 0 Å². The number of fused-ring (bicyclic) bond motifs is 3. The molecule has 0 heterocycles. The topological polar surface area (TPSA) is 149 Å². The summed E-state index contributed by atoms with van der Waals surface area (Å²) in [5.74, 6) is -6.02. The van der Waals surface area contributed by atoms with Crippen LogP contribution in [-0.4, -0.2) is 49.2 Å². The van der Waals surface area contributed by atoms with Crippen LogP contribution in [0.25, 0.3) is 0 Å². The highest BCUT2D eigenvalue weighted by Gasteiger charge is 2.59. The Kier molecular flexibility index (Phi) is 5.97. The van der Waals surface area contributed by atoms with Crippen LogP contribution in [0.4, 0.5) is 0 Å². The molecule has 0 aliphatic heterocycles. The normalized spacial score (nSPS) is 26.2. The fraction of sp³-hybridized carbons (Fsp3) is 0.462. The predicted molar refractivity (Wildman–Crippen MR) is 121 cm³/mol. The fourth-order valence-corrected chi connectivity index (χ4v) is 5.66. The van der Waals surface area contributed by atoms with Gasteiger partial charge in [0.2, 0.25) is 5.78 Å². The van der Waals surface area contributed by atoms with E-state index in [0.717, 1.165) is 19.8 Å². The van der Waals surface area contributed by atoms with Crippen molar-refractivity contribution in [3.8, 4) is 5.75 Å². The quantitative estimate of drug-likeness (QED) is 0.282. The molecule has 0 saturated carbocycles. The molecule has 0 unspecified atom stereocenters. The second kappa shape index (κ2) is 8.51. The molecule has 4 N–H and O–H groups in total. The van der Waals surface area contributed by atoms with Crippen molar-refractivity contribution < 1.29 is 39.6 Å². The van der Waals surface area contributed by atoms with E-state index >= 15 is 0 Å². The number of carbonyl (C=O) groups excluding carboxylic acids is 4. The summed E-state index contributed by atoms with van der Waals surface area (Å²) in [6, 6.07) is 2.77. The van der Waals surface area contributed by atoms with Crippen LogP contribution < -0.4 is 0 Å². The molecular weight excluding hydrogens is 440 g/mol. The minimum absolute atomic E-state index is 0.0706. The number of ketones is 4. The van der Waals surface area contributed by atoms with E-state index in [1.54, 1.807) is 0 Å². The van der Waals surface area contributed by atoms with Crippen LogP contribution in [-0.2, 0) is 16.0 Å². The van der Waals surface area contributed by atoms with Crippen molar-refractivity contribution in [1.82, 2.24) is 0 Å². The molecule has 4 rings (SSSR count). The Morgan fingerprint density at radius 3 is 2.44 bits per heavy atom. The zero-order chi connectivity index (χ0) is 24.9. The van der Waals surface area contributed by atoms with Crippen LogP contribution in [0.2, 0.25) is 0 Å². The number of allylic oxidation sites excluding steroid dienone is 2. The van der Waals surface area contributed by atoms with E-state index in [9.17, 15) is 39.6 Å². The lowest BCUT2D eigenvalue weighted by molar-refractivity contribution is -0.144. The van der Waals surface area contributed by atoms with Crippen LogP contribution in [0.15, 0.2) is 34.8 Å². The van der Waals surface area contributed by atoms with Gasteiger partial charge in [0, 0.05) is 29.9 Å². The van der Waals surface area contributed by atoms with Gasteiger partial charge in [-0.3, -0.25) is 19.2 Å². The molecule has 0 spiro atoms. The molecule has 0 aromatic heterocycles. The van der Waals surface area contributed by atoms with Crippen molar-refractivity contribution in [2.45, 2.75) is 64.4 Å². The van der Waals surface area contributed by atoms with E-state index in [2.05, 4.69) is 0 Å². The van der Waals surface area contributed by atoms with Crippen molar-refractivity contribution >= 4 is 23.1 Å². The minimum atomic E-state index is -2.52. The molecule has 0 bridgehead atoms. The van der Waals surface area contributed by atoms with Gasteiger partial charge in [-0.15, -0.1) is 0 Å². The SMILES string of the molecule is CCCCCC(=O)c1ccc(O)c2c1C[C@H]1C[C@H]3CC(O)=C(C(C)=O)C(=O)[C@@]3(O)C(O)=C1C2=O. The number of rotatable bonds is 6. The molecule has 0 fully saturated rings. The smallest absolute Gasteiger partial charge is 0.209 e. The standard InChI is InChI=1S/C26H28O8/c1-3-4-5-6-17(28)15-7-8-18(29)22-16(15)10-13-9-14-11-19(30)20(12(2)27)24(32)26(14,34)25(33)21(13)23(22)31/h7-8,13-14,29-30,33-34H,3-6,9-11H2,1-2H3/t13-,14+,26-/m1/s1. The molecule has 0 saturated heterocycles. The van der Waals surface area contributed by atoms with Gasteiger partial charge in [-0.1, -0.05) is 19.8 Å². The third-order valence-corrected chi connectivity index (χ3v) is 7.36. The molecule has 3 aliphatic carbocycles. The molecule has 0 amide bonds. The van der Waals surface area contributed by atoms with Crippen molar-refractivity contribution in [3.05, 3.63) is 51.5 Å². The van der Waals surface area contributed by atoms with Crippen LogP contribution >= 0.6 is 0 Å². The Bertz CT molecular complexity index is 1190. The van der Waals surface area contributed by atoms with E-state index in [-0.39, 0.29) is 41.9 Å². The first kappa shape index (κ1) is 23.9. The number of hydrogen-bond acceptors (Lipinski definition) is 8. The number of hydrogen-bond donors (Lipinski definition) is 4. The summed E-state index contributed by atoms with van der Waals surface area (Å²) in [5, 5.41) is 43.1. The predicted octanol–water partition coefficient (Wildman–Crippen LogP) is 3.45. The Hall–Kier alpha value is -3.26. The summed E-state index contributed by atoms with van der Waals surface area (Å²) in [6.07, 6.45) is 2.86. The van der Waals surface area contributed by atoms with Crippen molar-refractivity contribution in [3.63, 3.8) is 0 Å². The third kappa shape index (κ3) is 3.39. The molecular formula is C26H28O8. The van der Waals surface area contributed by atoms with Gasteiger partial charge in [0.25, 0.3) is 0 Å². The van der Waals surface area contributed by atoms with Crippen LogP contribution in [0.3, 0.4) is 0 Å². The first-order valence-electron chi connectivity index (χ1n) is 11.6. The maximum Gasteiger partial charge on any atom is 0.209 e. The van der Waals surface area contributed by atoms with E-state index in [0.29, 0.717) is 24.0 Å². The molecule has 180 valence electrons. The number of Topliss-reactive ketones (excluding diaryl/α,β-unsaturated/α-hetero) is 4. The summed E-state index contributed by atoms with van der Waals surface area (Å²) in [7, 11) is 0. The molecule has 8 nitrogen and oxygen atoms in total. The number of carbonyl (C=O) groups is 4. The third-order valence-electron chi connectivity index (χ3n) is 7.36. The van der Waals surface area contributed by atoms with Crippen molar-refractivity contribution in [1.29, 1.82) is 0 Å². The van der Waals surface area contributed by atoms with E-state index in [4.69, 9.17) is 0 Å². The Labute approximate surface area is 196 Å². The summed E-state index contributed by atoms with van der Waals surface area (Å²) in [5.41, 5.74) is -2.68. The second-order valence-electron chi connectivity index (χ2n) is 9.47. The first-order chi connectivity index (χ1) is 16.0. The average molecular weight is 469 g/mol. The van der Waals surface area contributed by atoms with Gasteiger partial charge in [-0.05, 0) is 49.8 Å². The zero-order valence-corrected chi connectivity index (χ0v) is 19.2. The van der Waals surface area contributed by atoms with E-state index in [1.807, 2.05) is 6.92 Å². The van der Waals surface area contributed by atoms with Gasteiger partial charge in [0.1, 0.15) is 22.8 Å². The molecule has 1 aromatic rings. The molecule has 0 radical (unpaired) electrons. The van der Waals surface area contributed by atoms with Gasteiger partial charge in [0.05, 0.1) is 5.56 Å². The Balaban J connectivity index is 1.82. The van der Waals surface area contributed by atoms with Gasteiger partial charge in [-0.25, -0.2) is 0 Å². The van der Waals surface area contributed by atoms with E-state index < -0.39 is 51.9 Å². The molecule has 8 heteroatoms. The number of unbranched alkanes of at least 4 members (excludes halogenated alkanes) is 2. The molecule has 3 aliphatic rings. The molecule has 34 heavy (non-hydrogen) atoms. The highest BCUT2D eigenvalue weighted by molar-refractivity contribution is 6.25. The largest absolute Gasteiger partial charge is 0.511 e. The van der Waals surface area contributed by atoms with E-state index in [1.165, 1.54) is 12.1 Å². The highest BCUT2D eigenvalue weighted by atomic mass is 16.3. The number of phenolic OH excluding ortho intramolecular Hbond substituents is 1. The van der Waals surface area contributed by atoms with Crippen LogP contribution in [0.1, 0.15) is 78.7 Å². The molecule has 3 atom stereocenters. The number of aliphatic hydroxyl groups is 3. The number of phenols is 1. The molecule has 1 aromatic carbocycles. The maximum absolute atomic E-state index is 13.5. The zero-order valence-electron chi connectivity index (χ0n) is 19.2. The number of aliphatic hydroxyl groups excluding tert-OH is 2. The second-order valence-corrected chi connectivity index (χ2v) is 9.47. The van der Waals surface area contributed by atoms with Crippen molar-refractivity contribution in [2.24, 2.45) is 11.8 Å². The fourth-order valence-electron chi connectivity index (χ4n) is 5.66. The summed E-state index contributed by atoms with van der Waals surface area (Å²) >= 11 is 0. The van der Waals surface area contributed by atoms with Gasteiger partial charge >= 0.3 is 0 Å². The van der Waals surface area contributed by atoms with Crippen LogP contribution in [0, 0.1) is 11.8 Å². The number of benzene rings is 1. The lowest BCUT2D eigenvalue weighted by Crippen LogP contribution is -2.56. The average Bonchev–Trinajstić information content (AvgIpc) is 2.76. The number of aromatic hydroxyl groups is 1. The lowest BCUT2D eigenvalue weighted by atomic mass is 9.60. The Morgan fingerprint density at radius 1 is 1.09 bits per heavy atom. The minimum Gasteiger partial charge on any atom is -0.511 e. The highest BCUT2D eigenvalue weighted by Crippen LogP contribution is 2.51. The summed E-state index contributed by atoms with van der Waals surface area (Å²) in [6.45, 7) is 3.10.